The van der Waals surface area contributed by atoms with Crippen LogP contribution in [0.5, 0.6) is 0 Å². The van der Waals surface area contributed by atoms with E-state index in [4.69, 9.17) is 4.74 Å². The lowest BCUT2D eigenvalue weighted by Gasteiger charge is -2.20. The molecule has 1 amide bonds. The minimum atomic E-state index is -0.842. The molecule has 524 valence electrons. The maximum atomic E-state index is 12.6. The Morgan fingerprint density at radius 1 is 0.307 bits per heavy atom. The molecule has 0 aromatic rings. The molecule has 0 aromatic carbocycles. The quantitative estimate of drug-likeness (QED) is 0.0320. The number of carbonyl (C=O) groups is 2. The first-order valence-corrected chi connectivity index (χ1v) is 41.0. The smallest absolute Gasteiger partial charge is 0.305 e. The zero-order valence-electron chi connectivity index (χ0n) is 60.3. The van der Waals surface area contributed by atoms with E-state index in [2.05, 4.69) is 19.2 Å². The van der Waals surface area contributed by atoms with Gasteiger partial charge in [0.25, 0.3) is 0 Å². The third-order valence-corrected chi connectivity index (χ3v) is 19.6. The molecule has 0 aliphatic heterocycles. The Morgan fingerprint density at radius 2 is 0.523 bits per heavy atom. The Balaban J connectivity index is 3.34. The number of carbonyl (C=O) groups excluding carboxylic acids is 2. The van der Waals surface area contributed by atoms with E-state index < -0.39 is 12.1 Å². The summed E-state index contributed by atoms with van der Waals surface area (Å²) in [5.74, 6) is -0.0328. The molecule has 2 atom stereocenters. The van der Waals surface area contributed by atoms with Crippen LogP contribution in [0.15, 0.2) is 12.2 Å². The van der Waals surface area contributed by atoms with Crippen molar-refractivity contribution in [3.05, 3.63) is 12.2 Å². The number of aliphatic hydroxyl groups is 2. The SMILES string of the molecule is CCCCCCCCCCCCCCCCCCCCCCCCC/C=C/C(O)C(CO)NC(=O)CCCCCCCCCCCCCCCCCCCCCCCCCCCCCCCCCCOC(=O)CCCCCCCCCCCCCCCC. The number of hydrogen-bond acceptors (Lipinski definition) is 5. The molecule has 0 radical (unpaired) electrons. The average molecular weight is 1240 g/mol. The number of hydrogen-bond donors (Lipinski definition) is 3. The van der Waals surface area contributed by atoms with Gasteiger partial charge in [-0.3, -0.25) is 9.59 Å². The van der Waals surface area contributed by atoms with Crippen LogP contribution in [-0.2, 0) is 14.3 Å². The Hall–Kier alpha value is -1.40. The first-order chi connectivity index (χ1) is 43.5. The number of aliphatic hydroxyl groups excluding tert-OH is 2. The molecule has 0 aliphatic carbocycles. The highest BCUT2D eigenvalue weighted by Gasteiger charge is 2.18. The minimum absolute atomic E-state index is 0.0246. The second-order valence-corrected chi connectivity index (χ2v) is 28.5. The highest BCUT2D eigenvalue weighted by molar-refractivity contribution is 5.76. The van der Waals surface area contributed by atoms with Gasteiger partial charge in [-0.05, 0) is 32.1 Å². The fraction of sp³-hybridized carbons (Fsp3) is 0.951. The highest BCUT2D eigenvalue weighted by Crippen LogP contribution is 2.21. The number of ether oxygens (including phenoxy) is 1. The number of esters is 1. The molecule has 2 unspecified atom stereocenters. The molecule has 3 N–H and O–H groups in total. The summed E-state index contributed by atoms with van der Waals surface area (Å²) in [6, 6.07) is -0.625. The molecule has 0 spiro atoms. The van der Waals surface area contributed by atoms with Crippen LogP contribution < -0.4 is 5.32 Å². The van der Waals surface area contributed by atoms with Crippen molar-refractivity contribution >= 4 is 11.9 Å². The van der Waals surface area contributed by atoms with Gasteiger partial charge in [-0.15, -0.1) is 0 Å². The normalized spacial score (nSPS) is 12.5. The van der Waals surface area contributed by atoms with Gasteiger partial charge in [0.1, 0.15) is 0 Å². The van der Waals surface area contributed by atoms with Crippen LogP contribution in [0.1, 0.15) is 476 Å². The second-order valence-electron chi connectivity index (χ2n) is 28.5. The molecular formula is C82H161NO5. The molecule has 0 aromatic heterocycles. The van der Waals surface area contributed by atoms with Crippen molar-refractivity contribution in [3.63, 3.8) is 0 Å². The van der Waals surface area contributed by atoms with Crippen molar-refractivity contribution in [2.24, 2.45) is 0 Å². The monoisotopic (exact) mass is 1240 g/mol. The van der Waals surface area contributed by atoms with Gasteiger partial charge < -0.3 is 20.3 Å². The summed E-state index contributed by atoms with van der Waals surface area (Å²) in [5.41, 5.74) is 0. The lowest BCUT2D eigenvalue weighted by molar-refractivity contribution is -0.143. The molecule has 0 fully saturated rings. The summed E-state index contributed by atoms with van der Waals surface area (Å²) >= 11 is 0. The van der Waals surface area contributed by atoms with Gasteiger partial charge >= 0.3 is 5.97 Å². The summed E-state index contributed by atoms with van der Waals surface area (Å²) in [7, 11) is 0. The van der Waals surface area contributed by atoms with E-state index in [1.54, 1.807) is 6.08 Å². The summed E-state index contributed by atoms with van der Waals surface area (Å²) in [4.78, 5) is 24.6. The van der Waals surface area contributed by atoms with Crippen LogP contribution in [0.3, 0.4) is 0 Å². The largest absolute Gasteiger partial charge is 0.466 e. The standard InChI is InChI=1S/C82H161NO5/c1-3-5-7-9-11-13-15-17-19-20-21-22-23-32-35-38-41-44-47-50-54-58-62-66-70-74-80(85)79(78-84)83-81(86)75-71-67-63-59-55-51-48-45-42-39-36-33-30-28-26-24-25-27-29-31-34-37-40-43-46-49-53-57-61-65-69-73-77-88-82(87)76-72-68-64-60-56-52-18-16-14-12-10-8-6-4-2/h70,74,79-80,84-85H,3-69,71-73,75-78H2,1-2H3,(H,83,86)/b74-70+. The molecular weight excluding hydrogens is 1080 g/mol. The van der Waals surface area contributed by atoms with Gasteiger partial charge in [-0.2, -0.15) is 0 Å². The third kappa shape index (κ3) is 73.6. The second kappa shape index (κ2) is 78.0. The molecule has 88 heavy (non-hydrogen) atoms. The first-order valence-electron chi connectivity index (χ1n) is 41.0. The van der Waals surface area contributed by atoms with E-state index >= 15 is 0 Å². The molecule has 0 rings (SSSR count). The Bertz CT molecular complexity index is 1340. The van der Waals surface area contributed by atoms with Crippen LogP contribution in [0.2, 0.25) is 0 Å². The Labute approximate surface area is 552 Å². The molecule has 0 saturated heterocycles. The van der Waals surface area contributed by atoms with E-state index in [1.165, 1.54) is 411 Å². The molecule has 0 aliphatic rings. The molecule has 0 saturated carbocycles. The maximum Gasteiger partial charge on any atom is 0.305 e. The summed E-state index contributed by atoms with van der Waals surface area (Å²) in [6.45, 7) is 4.97. The molecule has 6 heteroatoms. The Kier molecular flexibility index (Phi) is 76.8. The van der Waals surface area contributed by atoms with Crippen molar-refractivity contribution in [1.29, 1.82) is 0 Å². The number of unbranched alkanes of at least 4 members (excludes halogenated alkanes) is 67. The lowest BCUT2D eigenvalue weighted by atomic mass is 10.0. The molecule has 6 nitrogen and oxygen atoms in total. The van der Waals surface area contributed by atoms with Gasteiger partial charge in [0.05, 0.1) is 25.4 Å². The van der Waals surface area contributed by atoms with Gasteiger partial charge in [0.2, 0.25) is 5.91 Å². The topological polar surface area (TPSA) is 95.9 Å². The zero-order valence-corrected chi connectivity index (χ0v) is 60.3. The van der Waals surface area contributed by atoms with Gasteiger partial charge in [-0.25, -0.2) is 0 Å². The fourth-order valence-electron chi connectivity index (χ4n) is 13.3. The van der Waals surface area contributed by atoms with Gasteiger partial charge in [0, 0.05) is 12.8 Å². The number of nitrogens with one attached hydrogen (secondary N) is 1. The van der Waals surface area contributed by atoms with Crippen molar-refractivity contribution in [1.82, 2.24) is 5.32 Å². The molecule has 0 heterocycles. The van der Waals surface area contributed by atoms with Gasteiger partial charge in [0.15, 0.2) is 0 Å². The lowest BCUT2D eigenvalue weighted by Crippen LogP contribution is -2.45. The van der Waals surface area contributed by atoms with E-state index in [0.29, 0.717) is 19.4 Å². The van der Waals surface area contributed by atoms with Gasteiger partial charge in [-0.1, -0.05) is 443 Å². The van der Waals surface area contributed by atoms with Crippen molar-refractivity contribution in [2.75, 3.05) is 13.2 Å². The third-order valence-electron chi connectivity index (χ3n) is 19.6. The van der Waals surface area contributed by atoms with Crippen LogP contribution in [0, 0.1) is 0 Å². The van der Waals surface area contributed by atoms with Crippen LogP contribution >= 0.6 is 0 Å². The number of amides is 1. The minimum Gasteiger partial charge on any atom is -0.466 e. The Morgan fingerprint density at radius 3 is 0.773 bits per heavy atom. The zero-order chi connectivity index (χ0) is 63.5. The average Bonchev–Trinajstić information content (AvgIpc) is 3.58. The van der Waals surface area contributed by atoms with E-state index in [0.717, 1.165) is 38.5 Å². The summed E-state index contributed by atoms with van der Waals surface area (Å²) in [6.07, 6.45) is 99.2. The number of allylic oxidation sites excluding steroid dienone is 1. The fourth-order valence-corrected chi connectivity index (χ4v) is 13.3. The van der Waals surface area contributed by atoms with Crippen LogP contribution in [0.25, 0.3) is 0 Å². The predicted octanol–water partition coefficient (Wildman–Crippen LogP) is 27.1. The van der Waals surface area contributed by atoms with E-state index in [1.807, 2.05) is 6.08 Å². The predicted molar refractivity (Wildman–Crippen MR) is 389 cm³/mol. The highest BCUT2D eigenvalue weighted by atomic mass is 16.5. The van der Waals surface area contributed by atoms with E-state index in [-0.39, 0.29) is 18.5 Å². The summed E-state index contributed by atoms with van der Waals surface area (Å²) in [5, 5.41) is 23.3. The first kappa shape index (κ1) is 86.6. The van der Waals surface area contributed by atoms with Crippen LogP contribution in [0.4, 0.5) is 0 Å². The summed E-state index contributed by atoms with van der Waals surface area (Å²) < 4.78 is 5.50. The number of rotatable bonds is 78. The van der Waals surface area contributed by atoms with Crippen molar-refractivity contribution in [2.45, 2.75) is 488 Å². The van der Waals surface area contributed by atoms with Crippen molar-refractivity contribution in [3.8, 4) is 0 Å². The molecule has 0 bridgehead atoms. The maximum absolute atomic E-state index is 12.6. The van der Waals surface area contributed by atoms with Crippen LogP contribution in [-0.4, -0.2) is 47.4 Å². The van der Waals surface area contributed by atoms with Crippen molar-refractivity contribution < 1.29 is 24.5 Å². The van der Waals surface area contributed by atoms with E-state index in [9.17, 15) is 19.8 Å².